The van der Waals surface area contributed by atoms with Crippen molar-refractivity contribution in [1.29, 1.82) is 0 Å². The van der Waals surface area contributed by atoms with E-state index in [1.54, 1.807) is 11.8 Å². The molecular weight excluding hydrogens is 256 g/mol. The number of likely N-dealkylation sites (tertiary alicyclic amines) is 1. The van der Waals surface area contributed by atoms with Crippen molar-refractivity contribution in [1.82, 2.24) is 9.88 Å². The molecule has 1 aliphatic heterocycles. The molecule has 20 heavy (non-hydrogen) atoms. The van der Waals surface area contributed by atoms with Gasteiger partial charge in [-0.3, -0.25) is 0 Å². The zero-order chi connectivity index (χ0) is 13.9. The standard InChI is InChI=1S/C15H16N2O3/c1-2-19-15(18)17-9-12(10-17)20-14-8-7-11-5-3-4-6-13(11)16-14/h3-8,12H,2,9-10H2,1H3. The van der Waals surface area contributed by atoms with Crippen LogP contribution in [0, 0.1) is 0 Å². The fourth-order valence-corrected chi connectivity index (χ4v) is 2.16. The molecule has 1 amide bonds. The Kier molecular flexibility index (Phi) is 3.41. The zero-order valence-electron chi connectivity index (χ0n) is 11.3. The van der Waals surface area contributed by atoms with Gasteiger partial charge in [0.2, 0.25) is 5.88 Å². The minimum absolute atomic E-state index is 0.00642. The van der Waals surface area contributed by atoms with Crippen molar-refractivity contribution >= 4 is 17.0 Å². The van der Waals surface area contributed by atoms with Crippen LogP contribution in [0.2, 0.25) is 0 Å². The summed E-state index contributed by atoms with van der Waals surface area (Å²) in [5.74, 6) is 0.595. The summed E-state index contributed by atoms with van der Waals surface area (Å²) >= 11 is 0. The summed E-state index contributed by atoms with van der Waals surface area (Å²) in [5.41, 5.74) is 0.909. The Morgan fingerprint density at radius 1 is 1.30 bits per heavy atom. The molecule has 0 saturated carbocycles. The minimum atomic E-state index is -0.279. The molecule has 0 atom stereocenters. The van der Waals surface area contributed by atoms with Crippen molar-refractivity contribution in [3.8, 4) is 5.88 Å². The van der Waals surface area contributed by atoms with Crippen LogP contribution in [0.3, 0.4) is 0 Å². The van der Waals surface area contributed by atoms with E-state index in [1.807, 2.05) is 36.4 Å². The van der Waals surface area contributed by atoms with Crippen molar-refractivity contribution in [3.63, 3.8) is 0 Å². The fourth-order valence-electron chi connectivity index (χ4n) is 2.16. The number of nitrogens with zero attached hydrogens (tertiary/aromatic N) is 2. The molecule has 0 bridgehead atoms. The molecule has 2 aromatic rings. The molecule has 0 unspecified atom stereocenters. The van der Waals surface area contributed by atoms with Crippen LogP contribution < -0.4 is 4.74 Å². The molecule has 1 saturated heterocycles. The molecule has 5 heteroatoms. The number of hydrogen-bond acceptors (Lipinski definition) is 4. The van der Waals surface area contributed by atoms with E-state index < -0.39 is 0 Å². The number of aromatic nitrogens is 1. The van der Waals surface area contributed by atoms with Gasteiger partial charge in [0.15, 0.2) is 0 Å². The Bertz CT molecular complexity index is 623. The Morgan fingerprint density at radius 3 is 2.90 bits per heavy atom. The van der Waals surface area contributed by atoms with Crippen molar-refractivity contribution in [2.75, 3.05) is 19.7 Å². The number of ether oxygens (including phenoxy) is 2. The largest absolute Gasteiger partial charge is 0.471 e. The van der Waals surface area contributed by atoms with Gasteiger partial charge in [-0.05, 0) is 19.1 Å². The first-order chi connectivity index (χ1) is 9.76. The molecule has 104 valence electrons. The summed E-state index contributed by atoms with van der Waals surface area (Å²) in [5, 5.41) is 1.08. The number of carbonyl (C=O) groups excluding carboxylic acids is 1. The van der Waals surface area contributed by atoms with E-state index in [0.29, 0.717) is 25.6 Å². The van der Waals surface area contributed by atoms with Crippen LogP contribution in [0.25, 0.3) is 10.9 Å². The maximum atomic E-state index is 11.4. The predicted octanol–water partition coefficient (Wildman–Crippen LogP) is 2.45. The lowest BCUT2D eigenvalue weighted by Gasteiger charge is -2.37. The van der Waals surface area contributed by atoms with Crippen LogP contribution in [0.5, 0.6) is 5.88 Å². The topological polar surface area (TPSA) is 51.7 Å². The second-order valence-corrected chi connectivity index (χ2v) is 4.69. The molecule has 0 N–H and O–H groups in total. The molecule has 2 heterocycles. The average Bonchev–Trinajstić information content (AvgIpc) is 2.42. The first kappa shape index (κ1) is 12.7. The van der Waals surface area contributed by atoms with Crippen LogP contribution >= 0.6 is 0 Å². The molecule has 3 rings (SSSR count). The van der Waals surface area contributed by atoms with E-state index in [4.69, 9.17) is 9.47 Å². The van der Waals surface area contributed by atoms with Crippen molar-refractivity contribution < 1.29 is 14.3 Å². The van der Waals surface area contributed by atoms with Crippen LogP contribution in [-0.2, 0) is 4.74 Å². The quantitative estimate of drug-likeness (QED) is 0.861. The van der Waals surface area contributed by atoms with Gasteiger partial charge in [-0.2, -0.15) is 0 Å². The summed E-state index contributed by atoms with van der Waals surface area (Å²) in [6, 6.07) is 11.7. The molecule has 1 aliphatic rings. The Balaban J connectivity index is 1.60. The number of para-hydroxylation sites is 1. The maximum absolute atomic E-state index is 11.4. The molecule has 0 spiro atoms. The third-order valence-electron chi connectivity index (χ3n) is 3.23. The third kappa shape index (κ3) is 2.52. The van der Waals surface area contributed by atoms with Crippen LogP contribution in [0.1, 0.15) is 6.92 Å². The fraction of sp³-hybridized carbons (Fsp3) is 0.333. The summed E-state index contributed by atoms with van der Waals surface area (Å²) in [7, 11) is 0. The second-order valence-electron chi connectivity index (χ2n) is 4.69. The van der Waals surface area contributed by atoms with Gasteiger partial charge in [0.05, 0.1) is 25.2 Å². The molecule has 1 aromatic carbocycles. The normalized spacial score (nSPS) is 14.9. The second kappa shape index (κ2) is 5.36. The molecule has 0 radical (unpaired) electrons. The molecule has 5 nitrogen and oxygen atoms in total. The van der Waals surface area contributed by atoms with E-state index in [2.05, 4.69) is 4.98 Å². The smallest absolute Gasteiger partial charge is 0.410 e. The lowest BCUT2D eigenvalue weighted by atomic mass is 10.2. The van der Waals surface area contributed by atoms with Crippen molar-refractivity contribution in [2.45, 2.75) is 13.0 Å². The van der Waals surface area contributed by atoms with Crippen LogP contribution in [0.4, 0.5) is 4.79 Å². The van der Waals surface area contributed by atoms with Crippen molar-refractivity contribution in [2.24, 2.45) is 0 Å². The summed E-state index contributed by atoms with van der Waals surface area (Å²) in [6.45, 7) is 3.29. The number of amides is 1. The monoisotopic (exact) mass is 272 g/mol. The number of hydrogen-bond donors (Lipinski definition) is 0. The lowest BCUT2D eigenvalue weighted by molar-refractivity contribution is 0.0109. The zero-order valence-corrected chi connectivity index (χ0v) is 11.3. The maximum Gasteiger partial charge on any atom is 0.410 e. The van der Waals surface area contributed by atoms with Crippen LogP contribution in [-0.4, -0.2) is 41.8 Å². The average molecular weight is 272 g/mol. The Morgan fingerprint density at radius 2 is 2.10 bits per heavy atom. The summed E-state index contributed by atoms with van der Waals surface area (Å²) in [6.07, 6.45) is -0.285. The van der Waals surface area contributed by atoms with Gasteiger partial charge in [-0.15, -0.1) is 0 Å². The third-order valence-corrected chi connectivity index (χ3v) is 3.23. The number of fused-ring (bicyclic) bond motifs is 1. The predicted molar refractivity (Wildman–Crippen MR) is 74.8 cm³/mol. The van der Waals surface area contributed by atoms with E-state index in [1.165, 1.54) is 0 Å². The highest BCUT2D eigenvalue weighted by molar-refractivity contribution is 5.78. The van der Waals surface area contributed by atoms with E-state index >= 15 is 0 Å². The first-order valence-corrected chi connectivity index (χ1v) is 6.70. The number of carbonyl (C=O) groups is 1. The van der Waals surface area contributed by atoms with Gasteiger partial charge in [0.25, 0.3) is 0 Å². The van der Waals surface area contributed by atoms with Gasteiger partial charge in [-0.1, -0.05) is 18.2 Å². The summed E-state index contributed by atoms with van der Waals surface area (Å²) in [4.78, 5) is 17.5. The van der Waals surface area contributed by atoms with E-state index in [-0.39, 0.29) is 12.2 Å². The number of benzene rings is 1. The molecular formula is C15H16N2O3. The highest BCUT2D eigenvalue weighted by atomic mass is 16.6. The van der Waals surface area contributed by atoms with Crippen molar-refractivity contribution in [3.05, 3.63) is 36.4 Å². The van der Waals surface area contributed by atoms with Gasteiger partial charge < -0.3 is 14.4 Å². The van der Waals surface area contributed by atoms with Gasteiger partial charge in [0, 0.05) is 11.5 Å². The SMILES string of the molecule is CCOC(=O)N1CC(Oc2ccc3ccccc3n2)C1. The highest BCUT2D eigenvalue weighted by Crippen LogP contribution is 2.20. The Labute approximate surface area is 117 Å². The highest BCUT2D eigenvalue weighted by Gasteiger charge is 2.33. The van der Waals surface area contributed by atoms with Gasteiger partial charge in [-0.25, -0.2) is 9.78 Å². The first-order valence-electron chi connectivity index (χ1n) is 6.70. The summed E-state index contributed by atoms with van der Waals surface area (Å²) < 4.78 is 10.7. The molecule has 0 aliphatic carbocycles. The Hall–Kier alpha value is -2.30. The minimum Gasteiger partial charge on any atom is -0.471 e. The lowest BCUT2D eigenvalue weighted by Crippen LogP contribution is -2.56. The van der Waals surface area contributed by atoms with Gasteiger partial charge in [0.1, 0.15) is 6.10 Å². The molecule has 1 aromatic heterocycles. The van der Waals surface area contributed by atoms with Crippen LogP contribution in [0.15, 0.2) is 36.4 Å². The van der Waals surface area contributed by atoms with E-state index in [9.17, 15) is 4.79 Å². The molecule has 1 fully saturated rings. The van der Waals surface area contributed by atoms with E-state index in [0.717, 1.165) is 10.9 Å². The number of pyridine rings is 1. The number of rotatable bonds is 3. The van der Waals surface area contributed by atoms with Gasteiger partial charge >= 0.3 is 6.09 Å².